The SMILES string of the molecule is O=C(CSCCSCCS(=O)CSCCSCSC(=O)CSCCSCCS(=O)CCSCO)SCCSCO. The highest BCUT2D eigenvalue weighted by molar-refractivity contribution is 8.25. The number of carbonyl (C=O) groups excluding carboxylic acids is 2. The van der Waals surface area contributed by atoms with Crippen LogP contribution in [-0.4, -0.2) is 143 Å². The summed E-state index contributed by atoms with van der Waals surface area (Å²) in [5.74, 6) is 13.0. The second-order valence-corrected chi connectivity index (χ2v) is 22.4. The minimum Gasteiger partial charge on any atom is -0.386 e. The van der Waals surface area contributed by atoms with E-state index in [0.29, 0.717) is 33.8 Å². The molecule has 0 spiro atoms. The number of aliphatic hydroxyl groups is 2. The quantitative estimate of drug-likeness (QED) is 0.0750. The van der Waals surface area contributed by atoms with E-state index in [9.17, 15) is 18.0 Å². The molecular formula is C22H42O6S12. The normalized spacial score (nSPS) is 12.9. The summed E-state index contributed by atoms with van der Waals surface area (Å²) in [6.45, 7) is 0. The zero-order chi connectivity index (χ0) is 29.5. The van der Waals surface area contributed by atoms with Gasteiger partial charge in [0.1, 0.15) is 0 Å². The summed E-state index contributed by atoms with van der Waals surface area (Å²) in [4.78, 5) is 23.7. The first-order chi connectivity index (χ1) is 19.5. The van der Waals surface area contributed by atoms with Gasteiger partial charge in [-0.25, -0.2) is 0 Å². The molecular weight excluding hydrogens is 745 g/mol. The third kappa shape index (κ3) is 33.9. The Morgan fingerprint density at radius 3 is 1.55 bits per heavy atom. The van der Waals surface area contributed by atoms with Crippen molar-refractivity contribution >= 4 is 149 Å². The average Bonchev–Trinajstić information content (AvgIpc) is 2.94. The maximum Gasteiger partial charge on any atom is 0.199 e. The summed E-state index contributed by atoms with van der Waals surface area (Å²) in [6, 6.07) is 0. The van der Waals surface area contributed by atoms with Gasteiger partial charge in [-0.1, -0.05) is 23.5 Å². The molecule has 0 aliphatic heterocycles. The van der Waals surface area contributed by atoms with Gasteiger partial charge < -0.3 is 10.2 Å². The first kappa shape index (κ1) is 43.1. The van der Waals surface area contributed by atoms with Gasteiger partial charge in [0.15, 0.2) is 10.2 Å². The molecule has 2 atom stereocenters. The molecule has 0 amide bonds. The fraction of sp³-hybridized carbons (Fsp3) is 0.909. The van der Waals surface area contributed by atoms with Gasteiger partial charge in [0.25, 0.3) is 0 Å². The minimum absolute atomic E-state index is 0.0866. The lowest BCUT2D eigenvalue weighted by Gasteiger charge is -2.04. The molecule has 0 bridgehead atoms. The van der Waals surface area contributed by atoms with Crippen LogP contribution < -0.4 is 0 Å². The average molecular weight is 787 g/mol. The lowest BCUT2D eigenvalue weighted by Crippen LogP contribution is -2.07. The Bertz CT molecular complexity index is 662. The van der Waals surface area contributed by atoms with Crippen molar-refractivity contribution in [3.63, 3.8) is 0 Å². The lowest BCUT2D eigenvalue weighted by atomic mass is 10.9. The van der Waals surface area contributed by atoms with E-state index in [1.165, 1.54) is 47.0 Å². The third-order valence-electron chi connectivity index (χ3n) is 4.11. The van der Waals surface area contributed by atoms with Gasteiger partial charge in [0.05, 0.1) is 28.5 Å². The molecule has 0 aromatic carbocycles. The molecule has 0 aliphatic carbocycles. The van der Waals surface area contributed by atoms with Crippen molar-refractivity contribution in [2.24, 2.45) is 0 Å². The molecule has 0 saturated carbocycles. The van der Waals surface area contributed by atoms with Crippen molar-refractivity contribution in [1.82, 2.24) is 0 Å². The molecule has 0 aromatic rings. The summed E-state index contributed by atoms with van der Waals surface area (Å²) in [6.07, 6.45) is 0. The van der Waals surface area contributed by atoms with E-state index in [1.54, 1.807) is 70.6 Å². The molecule has 2 N–H and O–H groups in total. The minimum atomic E-state index is -0.806. The van der Waals surface area contributed by atoms with Crippen molar-refractivity contribution < 1.29 is 28.2 Å². The van der Waals surface area contributed by atoms with Gasteiger partial charge in [0, 0.05) is 107 Å². The second-order valence-electron chi connectivity index (χ2n) is 7.19. The summed E-state index contributed by atoms with van der Waals surface area (Å²) < 4.78 is 23.9. The van der Waals surface area contributed by atoms with Crippen LogP contribution in [0.15, 0.2) is 0 Å². The largest absolute Gasteiger partial charge is 0.386 e. The van der Waals surface area contributed by atoms with Crippen LogP contribution in [0.2, 0.25) is 0 Å². The van der Waals surface area contributed by atoms with Crippen LogP contribution in [0.4, 0.5) is 0 Å². The van der Waals surface area contributed by atoms with E-state index in [2.05, 4.69) is 0 Å². The van der Waals surface area contributed by atoms with Gasteiger partial charge in [-0.3, -0.25) is 18.0 Å². The van der Waals surface area contributed by atoms with E-state index in [0.717, 1.165) is 68.4 Å². The Balaban J connectivity index is 3.37. The summed E-state index contributed by atoms with van der Waals surface area (Å²) in [7, 11) is -1.61. The maximum atomic E-state index is 12.1. The number of aliphatic hydroxyl groups excluding tert-OH is 2. The van der Waals surface area contributed by atoms with Crippen LogP contribution in [-0.2, 0) is 31.2 Å². The van der Waals surface area contributed by atoms with E-state index >= 15 is 0 Å². The van der Waals surface area contributed by atoms with Crippen molar-refractivity contribution in [3.8, 4) is 0 Å². The molecule has 40 heavy (non-hydrogen) atoms. The van der Waals surface area contributed by atoms with Crippen LogP contribution in [0, 0.1) is 0 Å². The lowest BCUT2D eigenvalue weighted by molar-refractivity contribution is -0.109. The Morgan fingerprint density at radius 2 is 0.925 bits per heavy atom. The number of hydrogen-bond donors (Lipinski definition) is 2. The monoisotopic (exact) mass is 786 g/mol. The summed E-state index contributed by atoms with van der Waals surface area (Å²) in [5, 5.41) is 19.2. The van der Waals surface area contributed by atoms with Crippen LogP contribution in [0.25, 0.3) is 0 Å². The molecule has 0 aliphatic rings. The molecule has 2 unspecified atom stereocenters. The molecule has 0 aromatic heterocycles. The molecule has 0 heterocycles. The fourth-order valence-electron chi connectivity index (χ4n) is 2.23. The highest BCUT2D eigenvalue weighted by Crippen LogP contribution is 2.18. The van der Waals surface area contributed by atoms with Crippen LogP contribution in [0.1, 0.15) is 0 Å². The maximum absolute atomic E-state index is 12.1. The standard InChI is InChI=1S/C22H42O6S12/c23-17-33-7-8-37-21(25)15-31-3-2-30-10-14-40(28)20-36-6-5-35-19-38-22(26)16-32-4-1-29-9-12-39(27)13-11-34-18-24/h23-24H,1-20H2. The third-order valence-corrected chi connectivity index (χ3v) is 18.7. The first-order valence-corrected chi connectivity index (χ1v) is 26.5. The van der Waals surface area contributed by atoms with Crippen LogP contribution >= 0.6 is 118 Å². The van der Waals surface area contributed by atoms with Gasteiger partial charge in [0.2, 0.25) is 0 Å². The van der Waals surface area contributed by atoms with E-state index < -0.39 is 21.6 Å². The Hall–Kier alpha value is 3.06. The van der Waals surface area contributed by atoms with E-state index in [-0.39, 0.29) is 22.1 Å². The Labute approximate surface area is 288 Å². The van der Waals surface area contributed by atoms with E-state index in [1.807, 2.05) is 0 Å². The van der Waals surface area contributed by atoms with Crippen molar-refractivity contribution in [2.75, 3.05) is 114 Å². The predicted octanol–water partition coefficient (Wildman–Crippen LogP) is 4.68. The fourth-order valence-corrected chi connectivity index (χ4v) is 15.4. The van der Waals surface area contributed by atoms with E-state index in [4.69, 9.17) is 10.2 Å². The molecule has 18 heteroatoms. The molecule has 0 saturated heterocycles. The highest BCUT2D eigenvalue weighted by atomic mass is 32.2. The Kier molecular flexibility index (Phi) is 37.6. The smallest absolute Gasteiger partial charge is 0.199 e. The van der Waals surface area contributed by atoms with Crippen molar-refractivity contribution in [1.29, 1.82) is 0 Å². The molecule has 0 radical (unpaired) electrons. The van der Waals surface area contributed by atoms with Crippen molar-refractivity contribution in [3.05, 3.63) is 0 Å². The zero-order valence-electron chi connectivity index (χ0n) is 22.6. The summed E-state index contributed by atoms with van der Waals surface area (Å²) in [5.41, 5.74) is 0. The number of thioether (sulfide) groups is 10. The van der Waals surface area contributed by atoms with Crippen LogP contribution in [0.5, 0.6) is 0 Å². The van der Waals surface area contributed by atoms with Gasteiger partial charge in [-0.2, -0.15) is 47.0 Å². The van der Waals surface area contributed by atoms with Gasteiger partial charge in [-0.15, -0.1) is 47.0 Å². The molecule has 0 fully saturated rings. The topological polar surface area (TPSA) is 109 Å². The molecule has 238 valence electrons. The second kappa shape index (κ2) is 34.9. The van der Waals surface area contributed by atoms with Gasteiger partial charge >= 0.3 is 0 Å². The highest BCUT2D eigenvalue weighted by Gasteiger charge is 2.06. The Morgan fingerprint density at radius 1 is 0.475 bits per heavy atom. The van der Waals surface area contributed by atoms with Gasteiger partial charge in [-0.05, 0) is 0 Å². The van der Waals surface area contributed by atoms with Crippen molar-refractivity contribution in [2.45, 2.75) is 0 Å². The zero-order valence-corrected chi connectivity index (χ0v) is 32.4. The summed E-state index contributed by atoms with van der Waals surface area (Å²) >= 11 is 15.9. The number of rotatable bonds is 31. The predicted molar refractivity (Wildman–Crippen MR) is 204 cm³/mol. The molecule has 0 rings (SSSR count). The molecule has 6 nitrogen and oxygen atoms in total. The number of carbonyl (C=O) groups is 2. The van der Waals surface area contributed by atoms with Crippen LogP contribution in [0.3, 0.4) is 0 Å². The number of hydrogen-bond acceptors (Lipinski definition) is 16. The first-order valence-electron chi connectivity index (χ1n) is 12.3.